The molecule has 0 saturated heterocycles. The number of hydrogen-bond acceptors (Lipinski definition) is 6. The highest BCUT2D eigenvalue weighted by molar-refractivity contribution is 7.99. The van der Waals surface area contributed by atoms with Crippen LogP contribution in [0.15, 0.2) is 58.2 Å². The van der Waals surface area contributed by atoms with Crippen LogP contribution in [0, 0.1) is 5.82 Å². The minimum Gasteiger partial charge on any atom is -0.496 e. The predicted molar refractivity (Wildman–Crippen MR) is 93.5 cm³/mol. The SMILES string of the molecule is COc1ccccc1-c1nnc(SCCCOc2ccc(F)cc2)o1. The second kappa shape index (κ2) is 8.53. The number of nitrogens with zero attached hydrogens (tertiary/aromatic N) is 2. The summed E-state index contributed by atoms with van der Waals surface area (Å²) in [6, 6.07) is 13.5. The zero-order chi connectivity index (χ0) is 17.5. The topological polar surface area (TPSA) is 57.4 Å². The number of thioether (sulfide) groups is 1. The van der Waals surface area contributed by atoms with Gasteiger partial charge in [0.05, 0.1) is 19.3 Å². The van der Waals surface area contributed by atoms with Crippen molar-refractivity contribution in [1.29, 1.82) is 0 Å². The second-order valence-electron chi connectivity index (χ2n) is 5.08. The van der Waals surface area contributed by atoms with Crippen LogP contribution >= 0.6 is 11.8 Å². The molecule has 0 unspecified atom stereocenters. The highest BCUT2D eigenvalue weighted by atomic mass is 32.2. The molecular weight excluding hydrogens is 343 g/mol. The Morgan fingerprint density at radius 1 is 1.08 bits per heavy atom. The van der Waals surface area contributed by atoms with Gasteiger partial charge >= 0.3 is 0 Å². The van der Waals surface area contributed by atoms with Gasteiger partial charge in [-0.15, -0.1) is 10.2 Å². The summed E-state index contributed by atoms with van der Waals surface area (Å²) in [6.07, 6.45) is 0.800. The lowest BCUT2D eigenvalue weighted by molar-refractivity contribution is 0.318. The minimum atomic E-state index is -0.273. The van der Waals surface area contributed by atoms with Gasteiger partial charge in [0.2, 0.25) is 0 Å². The molecule has 130 valence electrons. The Hall–Kier alpha value is -2.54. The van der Waals surface area contributed by atoms with Crippen molar-refractivity contribution < 1.29 is 18.3 Å². The van der Waals surface area contributed by atoms with E-state index in [4.69, 9.17) is 13.9 Å². The maximum atomic E-state index is 12.8. The molecule has 0 fully saturated rings. The molecule has 0 aliphatic heterocycles. The maximum absolute atomic E-state index is 12.8. The molecule has 3 rings (SSSR count). The van der Waals surface area contributed by atoms with Gasteiger partial charge in [0.1, 0.15) is 17.3 Å². The van der Waals surface area contributed by atoms with E-state index in [0.29, 0.717) is 29.2 Å². The largest absolute Gasteiger partial charge is 0.496 e. The number of halogens is 1. The van der Waals surface area contributed by atoms with Gasteiger partial charge < -0.3 is 13.9 Å². The lowest BCUT2D eigenvalue weighted by Gasteiger charge is -2.05. The van der Waals surface area contributed by atoms with Crippen LogP contribution in [-0.2, 0) is 0 Å². The van der Waals surface area contributed by atoms with Crippen molar-refractivity contribution in [3.8, 4) is 23.0 Å². The Labute approximate surface area is 149 Å². The fraction of sp³-hybridized carbons (Fsp3) is 0.222. The van der Waals surface area contributed by atoms with Crippen molar-refractivity contribution >= 4 is 11.8 Å². The van der Waals surface area contributed by atoms with Gasteiger partial charge in [-0.1, -0.05) is 23.9 Å². The number of methoxy groups -OCH3 is 1. The third kappa shape index (κ3) is 4.73. The fourth-order valence-electron chi connectivity index (χ4n) is 2.14. The van der Waals surface area contributed by atoms with Crippen LogP contribution in [0.3, 0.4) is 0 Å². The van der Waals surface area contributed by atoms with E-state index in [1.54, 1.807) is 19.2 Å². The molecule has 25 heavy (non-hydrogen) atoms. The predicted octanol–water partition coefficient (Wildman–Crippen LogP) is 4.45. The molecule has 3 aromatic rings. The summed E-state index contributed by atoms with van der Waals surface area (Å²) in [6.45, 7) is 0.534. The lowest BCUT2D eigenvalue weighted by atomic mass is 10.2. The van der Waals surface area contributed by atoms with Crippen LogP contribution in [-0.4, -0.2) is 29.7 Å². The molecule has 0 aliphatic carbocycles. The maximum Gasteiger partial charge on any atom is 0.276 e. The number of ether oxygens (including phenoxy) is 2. The molecule has 0 spiro atoms. The third-order valence-corrected chi connectivity index (χ3v) is 4.25. The van der Waals surface area contributed by atoms with Crippen LogP contribution < -0.4 is 9.47 Å². The normalized spacial score (nSPS) is 10.6. The van der Waals surface area contributed by atoms with E-state index in [0.717, 1.165) is 17.7 Å². The number of aromatic nitrogens is 2. The molecule has 0 radical (unpaired) electrons. The molecule has 1 heterocycles. The van der Waals surface area contributed by atoms with Crippen LogP contribution in [0.2, 0.25) is 0 Å². The first-order valence-electron chi connectivity index (χ1n) is 7.74. The summed E-state index contributed by atoms with van der Waals surface area (Å²) in [5, 5.41) is 8.61. The Balaban J connectivity index is 1.46. The van der Waals surface area contributed by atoms with Crippen LogP contribution in [0.1, 0.15) is 6.42 Å². The van der Waals surface area contributed by atoms with Crippen molar-refractivity contribution in [2.45, 2.75) is 11.6 Å². The molecule has 5 nitrogen and oxygen atoms in total. The molecule has 0 saturated carbocycles. The van der Waals surface area contributed by atoms with Crippen LogP contribution in [0.25, 0.3) is 11.5 Å². The average molecular weight is 360 g/mol. The lowest BCUT2D eigenvalue weighted by Crippen LogP contribution is -1.98. The van der Waals surface area contributed by atoms with E-state index in [-0.39, 0.29) is 5.82 Å². The highest BCUT2D eigenvalue weighted by Gasteiger charge is 2.13. The molecule has 0 bridgehead atoms. The number of para-hydroxylation sites is 1. The van der Waals surface area contributed by atoms with E-state index in [9.17, 15) is 4.39 Å². The summed E-state index contributed by atoms with van der Waals surface area (Å²) in [5.74, 6) is 2.28. The van der Waals surface area contributed by atoms with E-state index in [1.807, 2.05) is 24.3 Å². The number of rotatable bonds is 8. The van der Waals surface area contributed by atoms with E-state index in [1.165, 1.54) is 23.9 Å². The Morgan fingerprint density at radius 2 is 1.88 bits per heavy atom. The average Bonchev–Trinajstić information content (AvgIpc) is 3.11. The van der Waals surface area contributed by atoms with Crippen LogP contribution in [0.4, 0.5) is 4.39 Å². The molecule has 2 aromatic carbocycles. The number of hydrogen-bond donors (Lipinski definition) is 0. The van der Waals surface area contributed by atoms with Gasteiger partial charge in [0.15, 0.2) is 0 Å². The minimum absolute atomic E-state index is 0.273. The molecule has 0 aliphatic rings. The van der Waals surface area contributed by atoms with Crippen LogP contribution in [0.5, 0.6) is 11.5 Å². The first-order valence-corrected chi connectivity index (χ1v) is 8.73. The van der Waals surface area contributed by atoms with Gasteiger partial charge in [0, 0.05) is 5.75 Å². The van der Waals surface area contributed by atoms with Gasteiger partial charge in [-0.2, -0.15) is 0 Å². The Kier molecular flexibility index (Phi) is 5.90. The van der Waals surface area contributed by atoms with Crippen molar-refractivity contribution in [3.05, 3.63) is 54.3 Å². The summed E-state index contributed by atoms with van der Waals surface area (Å²) < 4.78 is 29.3. The second-order valence-corrected chi connectivity index (χ2v) is 6.12. The molecule has 0 amide bonds. The van der Waals surface area contributed by atoms with Gasteiger partial charge in [0.25, 0.3) is 11.1 Å². The summed E-state index contributed by atoms with van der Waals surface area (Å²) in [7, 11) is 1.60. The zero-order valence-corrected chi connectivity index (χ0v) is 14.5. The Morgan fingerprint density at radius 3 is 2.68 bits per heavy atom. The fourth-order valence-corrected chi connectivity index (χ4v) is 2.81. The monoisotopic (exact) mass is 360 g/mol. The van der Waals surface area contributed by atoms with Crippen molar-refractivity contribution in [2.24, 2.45) is 0 Å². The molecular formula is C18H17FN2O3S. The standard InChI is InChI=1S/C18H17FN2O3S/c1-22-16-6-3-2-5-15(16)17-20-21-18(24-17)25-12-4-11-23-14-9-7-13(19)8-10-14/h2-3,5-10H,4,11-12H2,1H3. The Bertz CT molecular complexity index is 808. The molecule has 0 N–H and O–H groups in total. The number of benzene rings is 2. The van der Waals surface area contributed by atoms with E-state index in [2.05, 4.69) is 10.2 Å². The molecule has 0 atom stereocenters. The van der Waals surface area contributed by atoms with E-state index >= 15 is 0 Å². The molecule has 7 heteroatoms. The quantitative estimate of drug-likeness (QED) is 0.437. The molecule has 1 aromatic heterocycles. The van der Waals surface area contributed by atoms with Gasteiger partial charge in [-0.3, -0.25) is 0 Å². The van der Waals surface area contributed by atoms with E-state index < -0.39 is 0 Å². The summed E-state index contributed by atoms with van der Waals surface area (Å²) in [4.78, 5) is 0. The van der Waals surface area contributed by atoms with Crippen molar-refractivity contribution in [1.82, 2.24) is 10.2 Å². The first kappa shape index (κ1) is 17.3. The summed E-state index contributed by atoms with van der Waals surface area (Å²) >= 11 is 1.47. The zero-order valence-electron chi connectivity index (χ0n) is 13.6. The van der Waals surface area contributed by atoms with Gasteiger partial charge in [-0.05, 0) is 42.8 Å². The van der Waals surface area contributed by atoms with Gasteiger partial charge in [-0.25, -0.2) is 4.39 Å². The first-order chi connectivity index (χ1) is 12.3. The third-order valence-electron chi connectivity index (χ3n) is 3.34. The van der Waals surface area contributed by atoms with Crippen molar-refractivity contribution in [3.63, 3.8) is 0 Å². The smallest absolute Gasteiger partial charge is 0.276 e. The highest BCUT2D eigenvalue weighted by Crippen LogP contribution is 2.30. The summed E-state index contributed by atoms with van der Waals surface area (Å²) in [5.41, 5.74) is 0.768. The van der Waals surface area contributed by atoms with Crippen molar-refractivity contribution in [2.75, 3.05) is 19.5 Å².